The van der Waals surface area contributed by atoms with Crippen LogP contribution in [0.25, 0.3) is 0 Å². The van der Waals surface area contributed by atoms with Crippen LogP contribution in [0.4, 0.5) is 0 Å². The summed E-state index contributed by atoms with van der Waals surface area (Å²) in [6, 6.07) is 0. The Bertz CT molecular complexity index is 136. The molecule has 0 amide bonds. The van der Waals surface area contributed by atoms with E-state index >= 15 is 0 Å². The number of rotatable bonds is 4. The fourth-order valence-corrected chi connectivity index (χ4v) is 0.430. The molecule has 0 aromatic carbocycles. The minimum atomic E-state index is -0.477. The van der Waals surface area contributed by atoms with Crippen LogP contribution < -0.4 is 5.23 Å². The molecule has 0 aliphatic rings. The third-order valence-corrected chi connectivity index (χ3v) is 0.904. The summed E-state index contributed by atoms with van der Waals surface area (Å²) in [5, 5.41) is 13.7. The summed E-state index contributed by atoms with van der Waals surface area (Å²) < 4.78 is 0. The summed E-state index contributed by atoms with van der Waals surface area (Å²) in [5.74, 6) is 0. The van der Waals surface area contributed by atoms with Crippen molar-refractivity contribution in [2.45, 2.75) is 19.4 Å². The van der Waals surface area contributed by atoms with Crippen molar-refractivity contribution in [2.75, 3.05) is 0 Å². The molecule has 1 radical (unpaired) electrons. The zero-order valence-electron chi connectivity index (χ0n) is 6.03. The molecule has 5 heteroatoms. The average Bonchev–Trinajstić information content (AvgIpc) is 1.84. The predicted octanol–water partition coefficient (Wildman–Crippen LogP) is -0.376. The first kappa shape index (κ1) is 9.16. The standard InChI is InChI=1S/C5H10BN2O2/c1-5(2,3-7-10)8-6-4-9/h3-4,8,10H,1-2H3/b7-3+. The van der Waals surface area contributed by atoms with E-state index in [1.807, 2.05) is 0 Å². The second kappa shape index (κ2) is 4.06. The monoisotopic (exact) mass is 141 g/mol. The number of nitrogens with one attached hydrogen (secondary N) is 1. The highest BCUT2D eigenvalue weighted by Gasteiger charge is 2.12. The summed E-state index contributed by atoms with van der Waals surface area (Å²) in [7, 11) is 1.25. The Labute approximate surface area is 60.6 Å². The van der Waals surface area contributed by atoms with Gasteiger partial charge in [0.2, 0.25) is 0 Å². The number of hydrogen-bond donors (Lipinski definition) is 2. The first-order valence-electron chi connectivity index (χ1n) is 2.85. The van der Waals surface area contributed by atoms with Gasteiger partial charge in [0.05, 0.1) is 12.4 Å². The molecule has 0 heterocycles. The molecular formula is C5H10BN2O2. The average molecular weight is 141 g/mol. The molecule has 0 bridgehead atoms. The molecule has 55 valence electrons. The molecule has 0 aliphatic heterocycles. The Morgan fingerprint density at radius 2 is 2.30 bits per heavy atom. The van der Waals surface area contributed by atoms with Crippen molar-refractivity contribution in [3.63, 3.8) is 0 Å². The summed E-state index contributed by atoms with van der Waals surface area (Å²) in [6.07, 6.45) is 1.93. The SMILES string of the molecule is CC(C)(/C=N/O)N[B]C=O. The van der Waals surface area contributed by atoms with E-state index in [1.54, 1.807) is 13.8 Å². The maximum absolute atomic E-state index is 9.83. The number of nitrogens with zero attached hydrogens (tertiary/aromatic N) is 1. The fraction of sp³-hybridized carbons (Fsp3) is 0.600. The molecule has 0 aromatic heterocycles. The Morgan fingerprint density at radius 3 is 2.70 bits per heavy atom. The molecule has 10 heavy (non-hydrogen) atoms. The third kappa shape index (κ3) is 4.08. The lowest BCUT2D eigenvalue weighted by Gasteiger charge is -2.17. The smallest absolute Gasteiger partial charge is 0.291 e. The van der Waals surface area contributed by atoms with Gasteiger partial charge in [-0.05, 0) is 13.8 Å². The van der Waals surface area contributed by atoms with Crippen LogP contribution in [0.5, 0.6) is 0 Å². The summed E-state index contributed by atoms with van der Waals surface area (Å²) in [5.41, 5.74) is -0.477. The number of oxime groups is 1. The van der Waals surface area contributed by atoms with E-state index in [-0.39, 0.29) is 0 Å². The maximum Gasteiger partial charge on any atom is 0.291 e. The Morgan fingerprint density at radius 1 is 1.70 bits per heavy atom. The topological polar surface area (TPSA) is 61.7 Å². The van der Waals surface area contributed by atoms with Crippen LogP contribution in [-0.2, 0) is 4.79 Å². The molecule has 0 saturated carbocycles. The van der Waals surface area contributed by atoms with Crippen molar-refractivity contribution in [1.29, 1.82) is 0 Å². The zero-order chi connectivity index (χ0) is 8.04. The predicted molar refractivity (Wildman–Crippen MR) is 40.0 cm³/mol. The number of hydrogen-bond acceptors (Lipinski definition) is 4. The lowest BCUT2D eigenvalue weighted by atomic mass is 9.92. The van der Waals surface area contributed by atoms with Crippen molar-refractivity contribution in [2.24, 2.45) is 5.16 Å². The van der Waals surface area contributed by atoms with Gasteiger partial charge < -0.3 is 15.2 Å². The largest absolute Gasteiger partial charge is 0.411 e. The van der Waals surface area contributed by atoms with E-state index in [1.165, 1.54) is 13.6 Å². The highest BCUT2D eigenvalue weighted by Crippen LogP contribution is 1.94. The quantitative estimate of drug-likeness (QED) is 0.184. The molecule has 0 saturated heterocycles. The minimum absolute atomic E-state index is 0.477. The van der Waals surface area contributed by atoms with Crippen molar-refractivity contribution >= 4 is 19.8 Å². The summed E-state index contributed by atoms with van der Waals surface area (Å²) in [4.78, 5) is 9.83. The van der Waals surface area contributed by atoms with Gasteiger partial charge in [0, 0.05) is 5.54 Å². The van der Waals surface area contributed by atoms with Crippen LogP contribution in [0.2, 0.25) is 0 Å². The Kier molecular flexibility index (Phi) is 3.72. The first-order chi connectivity index (χ1) is 4.62. The first-order valence-corrected chi connectivity index (χ1v) is 2.85. The molecule has 0 fully saturated rings. The Hall–Kier alpha value is -0.835. The summed E-state index contributed by atoms with van der Waals surface area (Å²) >= 11 is 0. The van der Waals surface area contributed by atoms with Crippen LogP contribution in [0, 0.1) is 0 Å². The van der Waals surface area contributed by atoms with E-state index in [2.05, 4.69) is 10.4 Å². The van der Waals surface area contributed by atoms with Crippen LogP contribution in [-0.4, -0.2) is 30.6 Å². The van der Waals surface area contributed by atoms with Crippen LogP contribution >= 0.6 is 0 Å². The zero-order valence-corrected chi connectivity index (χ0v) is 6.03. The van der Waals surface area contributed by atoms with Gasteiger partial charge in [-0.25, -0.2) is 0 Å². The van der Waals surface area contributed by atoms with Crippen LogP contribution in [0.3, 0.4) is 0 Å². The van der Waals surface area contributed by atoms with Crippen molar-refractivity contribution in [1.82, 2.24) is 5.23 Å². The van der Waals surface area contributed by atoms with Gasteiger partial charge in [-0.2, -0.15) is 0 Å². The third-order valence-electron chi connectivity index (χ3n) is 0.904. The lowest BCUT2D eigenvalue weighted by Crippen LogP contribution is -2.43. The van der Waals surface area contributed by atoms with E-state index in [0.29, 0.717) is 6.19 Å². The molecule has 4 nitrogen and oxygen atoms in total. The molecule has 0 spiro atoms. The second-order valence-electron chi connectivity index (χ2n) is 2.41. The fourth-order valence-electron chi connectivity index (χ4n) is 0.430. The number of carbonyl (C=O) groups excluding carboxylic acids is 1. The van der Waals surface area contributed by atoms with Crippen LogP contribution in [0.1, 0.15) is 13.8 Å². The van der Waals surface area contributed by atoms with Crippen molar-refractivity contribution < 1.29 is 10.0 Å². The maximum atomic E-state index is 9.83. The summed E-state index contributed by atoms with van der Waals surface area (Å²) in [6.45, 7) is 3.54. The Balaban J connectivity index is 3.73. The molecule has 0 unspecified atom stereocenters. The highest BCUT2D eigenvalue weighted by atomic mass is 16.4. The van der Waals surface area contributed by atoms with Crippen molar-refractivity contribution in [3.8, 4) is 0 Å². The molecule has 0 aliphatic carbocycles. The van der Waals surface area contributed by atoms with Gasteiger partial charge in [0.25, 0.3) is 7.41 Å². The molecule has 0 atom stereocenters. The normalized spacial score (nSPS) is 11.8. The molecule has 0 aromatic rings. The van der Waals surface area contributed by atoms with E-state index in [0.717, 1.165) is 0 Å². The van der Waals surface area contributed by atoms with Crippen LogP contribution in [0.15, 0.2) is 5.16 Å². The van der Waals surface area contributed by atoms with Gasteiger partial charge in [-0.1, -0.05) is 0 Å². The minimum Gasteiger partial charge on any atom is -0.411 e. The van der Waals surface area contributed by atoms with E-state index in [4.69, 9.17) is 5.21 Å². The number of carbonyl (C=O) groups is 1. The van der Waals surface area contributed by atoms with Gasteiger partial charge in [0.15, 0.2) is 0 Å². The van der Waals surface area contributed by atoms with Gasteiger partial charge >= 0.3 is 0 Å². The highest BCUT2D eigenvalue weighted by molar-refractivity contribution is 6.64. The molecular weight excluding hydrogens is 131 g/mol. The van der Waals surface area contributed by atoms with E-state index in [9.17, 15) is 4.79 Å². The van der Waals surface area contributed by atoms with Crippen molar-refractivity contribution in [3.05, 3.63) is 0 Å². The lowest BCUT2D eigenvalue weighted by molar-refractivity contribution is 0.317. The van der Waals surface area contributed by atoms with Gasteiger partial charge in [-0.15, -0.1) is 5.16 Å². The van der Waals surface area contributed by atoms with Gasteiger partial charge in [0.1, 0.15) is 0 Å². The molecule has 0 rings (SSSR count). The second-order valence-corrected chi connectivity index (χ2v) is 2.41. The van der Waals surface area contributed by atoms with E-state index < -0.39 is 5.54 Å². The van der Waals surface area contributed by atoms with Gasteiger partial charge in [-0.3, -0.25) is 0 Å². The molecule has 2 N–H and O–H groups in total.